The van der Waals surface area contributed by atoms with E-state index in [9.17, 15) is 0 Å². The zero-order chi connectivity index (χ0) is 11.1. The Hall–Kier alpha value is -1.92. The van der Waals surface area contributed by atoms with Crippen molar-refractivity contribution < 1.29 is 0 Å². The fraction of sp³-hybridized carbons (Fsp3) is 0.500. The van der Waals surface area contributed by atoms with Crippen LogP contribution in [0.4, 0.5) is 5.95 Å². The van der Waals surface area contributed by atoms with Crippen LogP contribution in [0.2, 0.25) is 0 Å². The number of hydrogen-bond acceptors (Lipinski definition) is 5. The van der Waals surface area contributed by atoms with Crippen molar-refractivity contribution in [1.29, 1.82) is 0 Å². The molecule has 0 bridgehead atoms. The van der Waals surface area contributed by atoms with Gasteiger partial charge in [0.25, 0.3) is 0 Å². The summed E-state index contributed by atoms with van der Waals surface area (Å²) in [4.78, 5) is 8.27. The first-order valence-electron chi connectivity index (χ1n) is 4.58. The number of nitrogens with two attached hydrogens (primary N) is 1. The van der Waals surface area contributed by atoms with Gasteiger partial charge >= 0.3 is 0 Å². The highest BCUT2D eigenvalue weighted by atomic mass is 15.6. The third-order valence-electron chi connectivity index (χ3n) is 1.85. The summed E-state index contributed by atoms with van der Waals surface area (Å²) >= 11 is 0. The molecule has 2 aromatic heterocycles. The lowest BCUT2D eigenvalue weighted by molar-refractivity contribution is 0.306. The van der Waals surface area contributed by atoms with E-state index in [1.165, 1.54) is 0 Å². The summed E-state index contributed by atoms with van der Waals surface area (Å²) in [6.07, 6.45) is 1.58. The summed E-state index contributed by atoms with van der Waals surface area (Å²) in [5, 5.41) is 12.1. The van der Waals surface area contributed by atoms with Crippen LogP contribution in [0.1, 0.15) is 20.8 Å². The van der Waals surface area contributed by atoms with E-state index in [4.69, 9.17) is 5.73 Å². The van der Waals surface area contributed by atoms with E-state index >= 15 is 0 Å². The topological polar surface area (TPSA) is 98.3 Å². The molecule has 15 heavy (non-hydrogen) atoms. The van der Waals surface area contributed by atoms with E-state index in [1.54, 1.807) is 11.0 Å². The lowest BCUT2D eigenvalue weighted by Crippen LogP contribution is -2.24. The van der Waals surface area contributed by atoms with Crippen LogP contribution in [-0.2, 0) is 5.54 Å². The number of rotatable bonds is 1. The van der Waals surface area contributed by atoms with Crippen molar-refractivity contribution in [1.82, 2.24) is 30.2 Å². The molecule has 0 atom stereocenters. The van der Waals surface area contributed by atoms with Crippen LogP contribution < -0.4 is 5.73 Å². The number of imidazole rings is 1. The minimum Gasteiger partial charge on any atom is -0.369 e. The molecule has 0 aliphatic rings. The molecule has 80 valence electrons. The average molecular weight is 207 g/mol. The van der Waals surface area contributed by atoms with Crippen molar-refractivity contribution in [2.75, 3.05) is 5.73 Å². The van der Waals surface area contributed by atoms with Gasteiger partial charge in [-0.05, 0) is 26.0 Å². The van der Waals surface area contributed by atoms with Gasteiger partial charge in [-0.15, -0.1) is 10.2 Å². The fourth-order valence-electron chi connectivity index (χ4n) is 1.06. The number of anilines is 1. The summed E-state index contributed by atoms with van der Waals surface area (Å²) in [5.41, 5.74) is 5.94. The smallest absolute Gasteiger partial charge is 0.222 e. The van der Waals surface area contributed by atoms with Crippen LogP contribution in [0.5, 0.6) is 0 Å². The molecule has 2 rings (SSSR count). The predicted molar refractivity (Wildman–Crippen MR) is 54.8 cm³/mol. The van der Waals surface area contributed by atoms with Crippen LogP contribution in [0.3, 0.4) is 0 Å². The standard InChI is InChI=1S/C8H13N7/c1-8(2,3)15-13-6(12-14-15)5-4-10-7(9)11-5/h4H,1-3H3,(H3,9,10,11). The zero-order valence-electron chi connectivity index (χ0n) is 8.89. The Morgan fingerprint density at radius 1 is 1.40 bits per heavy atom. The lowest BCUT2D eigenvalue weighted by Gasteiger charge is -2.15. The first-order chi connectivity index (χ1) is 6.97. The highest BCUT2D eigenvalue weighted by Gasteiger charge is 2.18. The molecule has 0 aliphatic heterocycles. The maximum absolute atomic E-state index is 5.46. The summed E-state index contributed by atoms with van der Waals surface area (Å²) in [7, 11) is 0. The molecule has 0 saturated heterocycles. The molecule has 3 N–H and O–H groups in total. The van der Waals surface area contributed by atoms with Crippen LogP contribution in [-0.4, -0.2) is 30.2 Å². The van der Waals surface area contributed by atoms with Gasteiger partial charge in [0.15, 0.2) is 5.95 Å². The van der Waals surface area contributed by atoms with Crippen LogP contribution in [0, 0.1) is 0 Å². The third-order valence-corrected chi connectivity index (χ3v) is 1.85. The molecule has 0 radical (unpaired) electrons. The van der Waals surface area contributed by atoms with Gasteiger partial charge in [0.2, 0.25) is 5.82 Å². The average Bonchev–Trinajstić information content (AvgIpc) is 2.69. The van der Waals surface area contributed by atoms with Crippen LogP contribution in [0.25, 0.3) is 11.5 Å². The number of aromatic amines is 1. The zero-order valence-corrected chi connectivity index (χ0v) is 8.89. The molecule has 7 nitrogen and oxygen atoms in total. The highest BCUT2D eigenvalue weighted by molar-refractivity contribution is 5.48. The van der Waals surface area contributed by atoms with Crippen molar-refractivity contribution in [3.8, 4) is 11.5 Å². The Morgan fingerprint density at radius 3 is 2.60 bits per heavy atom. The molecule has 0 saturated carbocycles. The molecule has 0 amide bonds. The Labute approximate surface area is 86.7 Å². The van der Waals surface area contributed by atoms with Crippen molar-refractivity contribution in [3.05, 3.63) is 6.20 Å². The molecule has 2 heterocycles. The predicted octanol–water partition coefficient (Wildman–Crippen LogP) is 0.400. The van der Waals surface area contributed by atoms with Crippen LogP contribution >= 0.6 is 0 Å². The van der Waals surface area contributed by atoms with Gasteiger partial charge in [-0.3, -0.25) is 0 Å². The Bertz CT molecular complexity index is 461. The van der Waals surface area contributed by atoms with Gasteiger partial charge < -0.3 is 10.7 Å². The van der Waals surface area contributed by atoms with E-state index in [2.05, 4.69) is 25.4 Å². The number of aromatic nitrogens is 6. The summed E-state index contributed by atoms with van der Waals surface area (Å²) < 4.78 is 0. The number of tetrazole rings is 1. The van der Waals surface area contributed by atoms with Crippen molar-refractivity contribution in [2.24, 2.45) is 0 Å². The van der Waals surface area contributed by atoms with Crippen molar-refractivity contribution >= 4 is 5.95 Å². The molecule has 0 spiro atoms. The van der Waals surface area contributed by atoms with Gasteiger partial charge in [0.1, 0.15) is 5.69 Å². The number of hydrogen-bond donors (Lipinski definition) is 2. The first kappa shape index (κ1) is 9.63. The molecule has 0 unspecified atom stereocenters. The van der Waals surface area contributed by atoms with Gasteiger partial charge in [-0.1, -0.05) is 0 Å². The maximum atomic E-state index is 5.46. The van der Waals surface area contributed by atoms with E-state index in [0.29, 0.717) is 17.5 Å². The van der Waals surface area contributed by atoms with Gasteiger partial charge in [0.05, 0.1) is 11.7 Å². The maximum Gasteiger partial charge on any atom is 0.222 e. The first-order valence-corrected chi connectivity index (χ1v) is 4.58. The number of nitrogen functional groups attached to an aromatic ring is 1. The Morgan fingerprint density at radius 2 is 2.13 bits per heavy atom. The molecule has 0 aliphatic carbocycles. The monoisotopic (exact) mass is 207 g/mol. The molecular formula is C8H13N7. The van der Waals surface area contributed by atoms with Gasteiger partial charge in [-0.2, -0.15) is 4.80 Å². The highest BCUT2D eigenvalue weighted by Crippen LogP contribution is 2.14. The number of nitrogens with one attached hydrogen (secondary N) is 1. The molecule has 0 aromatic carbocycles. The second-order valence-corrected chi connectivity index (χ2v) is 4.26. The summed E-state index contributed by atoms with van der Waals surface area (Å²) in [6.45, 7) is 6.00. The number of nitrogens with zero attached hydrogens (tertiary/aromatic N) is 5. The fourth-order valence-corrected chi connectivity index (χ4v) is 1.06. The molecule has 2 aromatic rings. The normalized spacial score (nSPS) is 11.9. The lowest BCUT2D eigenvalue weighted by atomic mass is 10.1. The third kappa shape index (κ3) is 1.80. The minimum atomic E-state index is -0.184. The second kappa shape index (κ2) is 3.04. The van der Waals surface area contributed by atoms with Gasteiger partial charge in [-0.25, -0.2) is 4.98 Å². The van der Waals surface area contributed by atoms with Gasteiger partial charge in [0, 0.05) is 0 Å². The largest absolute Gasteiger partial charge is 0.369 e. The van der Waals surface area contributed by atoms with E-state index in [1.807, 2.05) is 20.8 Å². The summed E-state index contributed by atoms with van der Waals surface area (Å²) in [5.74, 6) is 0.839. The quantitative estimate of drug-likeness (QED) is 0.705. The SMILES string of the molecule is CC(C)(C)n1nnc(-c2cnc(N)[nH]2)n1. The number of H-pyrrole nitrogens is 1. The Kier molecular flexibility index (Phi) is 1.95. The van der Waals surface area contributed by atoms with Crippen molar-refractivity contribution in [2.45, 2.75) is 26.3 Å². The van der Waals surface area contributed by atoms with E-state index in [-0.39, 0.29) is 5.54 Å². The Balaban J connectivity index is 2.36. The molecular weight excluding hydrogens is 194 g/mol. The molecule has 0 fully saturated rings. The summed E-state index contributed by atoms with van der Waals surface area (Å²) in [6, 6.07) is 0. The minimum absolute atomic E-state index is 0.184. The van der Waals surface area contributed by atoms with Crippen LogP contribution in [0.15, 0.2) is 6.20 Å². The van der Waals surface area contributed by atoms with Crippen molar-refractivity contribution in [3.63, 3.8) is 0 Å². The molecule has 7 heteroatoms. The van der Waals surface area contributed by atoms with E-state index in [0.717, 1.165) is 0 Å². The second-order valence-electron chi connectivity index (χ2n) is 4.26. The van der Waals surface area contributed by atoms with E-state index < -0.39 is 0 Å².